The molecule has 0 N–H and O–H groups in total. The predicted octanol–water partition coefficient (Wildman–Crippen LogP) is 3.02. The molecule has 0 bridgehead atoms. The molecular formula is C21H28BrN5O2. The van der Waals surface area contributed by atoms with Gasteiger partial charge < -0.3 is 9.32 Å². The van der Waals surface area contributed by atoms with Crippen molar-refractivity contribution in [3.63, 3.8) is 0 Å². The minimum atomic E-state index is 0.279. The largest absolute Gasteiger partial charge is 0.419 e. The van der Waals surface area contributed by atoms with Crippen molar-refractivity contribution in [2.45, 2.75) is 38.8 Å². The number of piperidine rings is 1. The number of nitrogens with zero attached hydrogens (tertiary/aromatic N) is 5. The Hall–Kier alpha value is -1.77. The van der Waals surface area contributed by atoms with Gasteiger partial charge in [0.15, 0.2) is 0 Å². The van der Waals surface area contributed by atoms with Crippen molar-refractivity contribution in [3.8, 4) is 11.5 Å². The number of hydrogen-bond acceptors (Lipinski definition) is 6. The highest BCUT2D eigenvalue weighted by atomic mass is 79.9. The number of benzene rings is 1. The minimum Gasteiger partial charge on any atom is -0.419 e. The van der Waals surface area contributed by atoms with Gasteiger partial charge in [-0.05, 0) is 44.4 Å². The van der Waals surface area contributed by atoms with Crippen molar-refractivity contribution >= 4 is 21.8 Å². The zero-order valence-electron chi connectivity index (χ0n) is 16.9. The van der Waals surface area contributed by atoms with E-state index in [4.69, 9.17) is 4.42 Å². The third kappa shape index (κ3) is 5.24. The Bertz CT molecular complexity index is 834. The molecule has 0 aliphatic carbocycles. The smallest absolute Gasteiger partial charge is 0.247 e. The van der Waals surface area contributed by atoms with Crippen LogP contribution >= 0.6 is 15.9 Å². The molecule has 0 saturated carbocycles. The lowest BCUT2D eigenvalue weighted by atomic mass is 10.0. The zero-order valence-corrected chi connectivity index (χ0v) is 18.5. The standard InChI is InChI=1S/C21H28BrN5O2/c1-16-5-2-3-8-27(16)20(28)15-26-11-9-25(10-12-26)14-19-23-24-21(29-19)17-6-4-7-18(22)13-17/h4,6-7,13,16H,2-3,5,8-12,14-15H2,1H3. The maximum Gasteiger partial charge on any atom is 0.247 e. The van der Waals surface area contributed by atoms with Gasteiger partial charge in [0.2, 0.25) is 17.7 Å². The van der Waals surface area contributed by atoms with Gasteiger partial charge in [0.1, 0.15) is 0 Å². The van der Waals surface area contributed by atoms with E-state index in [0.29, 0.717) is 30.9 Å². The summed E-state index contributed by atoms with van der Waals surface area (Å²) in [5.74, 6) is 1.45. The van der Waals surface area contributed by atoms with Crippen LogP contribution in [0.1, 0.15) is 32.1 Å². The van der Waals surface area contributed by atoms with Crippen LogP contribution in [0.4, 0.5) is 0 Å². The van der Waals surface area contributed by atoms with Crippen LogP contribution in [0, 0.1) is 0 Å². The highest BCUT2D eigenvalue weighted by molar-refractivity contribution is 9.10. The molecule has 2 fully saturated rings. The topological polar surface area (TPSA) is 65.7 Å². The average molecular weight is 462 g/mol. The Balaban J connectivity index is 1.25. The van der Waals surface area contributed by atoms with E-state index in [1.165, 1.54) is 6.42 Å². The van der Waals surface area contributed by atoms with Crippen LogP contribution in [-0.4, -0.2) is 76.1 Å². The molecule has 0 spiro atoms. The van der Waals surface area contributed by atoms with Crippen LogP contribution < -0.4 is 0 Å². The summed E-state index contributed by atoms with van der Waals surface area (Å²) in [6.07, 6.45) is 3.50. The zero-order chi connectivity index (χ0) is 20.2. The molecule has 1 amide bonds. The van der Waals surface area contributed by atoms with E-state index in [2.05, 4.69) is 47.8 Å². The summed E-state index contributed by atoms with van der Waals surface area (Å²) >= 11 is 3.47. The van der Waals surface area contributed by atoms with Crippen LogP contribution in [0.2, 0.25) is 0 Å². The van der Waals surface area contributed by atoms with Crippen molar-refractivity contribution in [2.75, 3.05) is 39.3 Å². The number of amides is 1. The Morgan fingerprint density at radius 1 is 1.14 bits per heavy atom. The third-order valence-electron chi connectivity index (χ3n) is 5.84. The summed E-state index contributed by atoms with van der Waals surface area (Å²) < 4.78 is 6.84. The van der Waals surface area contributed by atoms with E-state index >= 15 is 0 Å². The number of halogens is 1. The van der Waals surface area contributed by atoms with Gasteiger partial charge in [-0.2, -0.15) is 0 Å². The molecule has 1 aromatic heterocycles. The molecule has 8 heteroatoms. The van der Waals surface area contributed by atoms with Gasteiger partial charge in [-0.1, -0.05) is 22.0 Å². The van der Waals surface area contributed by atoms with Gasteiger partial charge in [-0.15, -0.1) is 10.2 Å². The first kappa shape index (κ1) is 20.5. The van der Waals surface area contributed by atoms with E-state index < -0.39 is 0 Å². The normalized spacial score (nSPS) is 21.4. The first-order valence-electron chi connectivity index (χ1n) is 10.4. The molecule has 2 saturated heterocycles. The average Bonchev–Trinajstić information content (AvgIpc) is 3.18. The molecule has 2 aromatic rings. The van der Waals surface area contributed by atoms with Crippen LogP contribution in [0.25, 0.3) is 11.5 Å². The van der Waals surface area contributed by atoms with Crippen molar-refractivity contribution in [1.29, 1.82) is 0 Å². The van der Waals surface area contributed by atoms with E-state index in [1.54, 1.807) is 0 Å². The highest BCUT2D eigenvalue weighted by Gasteiger charge is 2.26. The Morgan fingerprint density at radius 2 is 1.93 bits per heavy atom. The summed E-state index contributed by atoms with van der Waals surface area (Å²) in [7, 11) is 0. The summed E-state index contributed by atoms with van der Waals surface area (Å²) in [5, 5.41) is 8.39. The molecule has 7 nitrogen and oxygen atoms in total. The molecule has 1 aromatic carbocycles. The molecule has 1 atom stereocenters. The van der Waals surface area contributed by atoms with E-state index in [-0.39, 0.29) is 5.91 Å². The van der Waals surface area contributed by atoms with Gasteiger partial charge >= 0.3 is 0 Å². The second-order valence-corrected chi connectivity index (χ2v) is 8.91. The van der Waals surface area contributed by atoms with Gasteiger partial charge in [0.25, 0.3) is 0 Å². The number of carbonyl (C=O) groups excluding carboxylic acids is 1. The maximum atomic E-state index is 12.6. The monoisotopic (exact) mass is 461 g/mol. The van der Waals surface area contributed by atoms with Crippen LogP contribution in [0.15, 0.2) is 33.2 Å². The molecular weight excluding hydrogens is 434 g/mol. The first-order valence-corrected chi connectivity index (χ1v) is 11.2. The van der Waals surface area contributed by atoms with Gasteiger partial charge in [-0.25, -0.2) is 0 Å². The second-order valence-electron chi connectivity index (χ2n) is 8.00. The van der Waals surface area contributed by atoms with Crippen LogP contribution in [-0.2, 0) is 11.3 Å². The first-order chi connectivity index (χ1) is 14.1. The molecule has 29 heavy (non-hydrogen) atoms. The van der Waals surface area contributed by atoms with Crippen molar-refractivity contribution in [3.05, 3.63) is 34.6 Å². The van der Waals surface area contributed by atoms with Crippen molar-refractivity contribution in [2.24, 2.45) is 0 Å². The quantitative estimate of drug-likeness (QED) is 0.681. The van der Waals surface area contributed by atoms with Gasteiger partial charge in [-0.3, -0.25) is 14.6 Å². The number of rotatable bonds is 5. The number of hydrogen-bond donors (Lipinski definition) is 0. The molecule has 156 valence electrons. The fourth-order valence-corrected chi connectivity index (χ4v) is 4.50. The molecule has 2 aliphatic rings. The summed E-state index contributed by atoms with van der Waals surface area (Å²) in [6.45, 7) is 7.84. The summed E-state index contributed by atoms with van der Waals surface area (Å²) in [5.41, 5.74) is 0.911. The summed E-state index contributed by atoms with van der Waals surface area (Å²) in [6, 6.07) is 8.23. The third-order valence-corrected chi connectivity index (χ3v) is 6.34. The number of likely N-dealkylation sites (tertiary alicyclic amines) is 1. The highest BCUT2D eigenvalue weighted by Crippen LogP contribution is 2.22. The van der Waals surface area contributed by atoms with Crippen molar-refractivity contribution in [1.82, 2.24) is 24.9 Å². The van der Waals surface area contributed by atoms with Gasteiger partial charge in [0, 0.05) is 48.8 Å². The van der Waals surface area contributed by atoms with Gasteiger partial charge in [0.05, 0.1) is 13.1 Å². The number of aromatic nitrogens is 2. The predicted molar refractivity (Wildman–Crippen MR) is 114 cm³/mol. The second kappa shape index (κ2) is 9.36. The fraction of sp³-hybridized carbons (Fsp3) is 0.571. The maximum absolute atomic E-state index is 12.6. The van der Waals surface area contributed by atoms with Crippen molar-refractivity contribution < 1.29 is 9.21 Å². The Labute approximate surface area is 180 Å². The molecule has 0 radical (unpaired) electrons. The molecule has 3 heterocycles. The summed E-state index contributed by atoms with van der Waals surface area (Å²) in [4.78, 5) is 19.3. The molecule has 4 rings (SSSR count). The fourth-order valence-electron chi connectivity index (χ4n) is 4.10. The lowest BCUT2D eigenvalue weighted by molar-refractivity contribution is -0.136. The van der Waals surface area contributed by atoms with E-state index in [9.17, 15) is 4.79 Å². The number of carbonyl (C=O) groups is 1. The SMILES string of the molecule is CC1CCCCN1C(=O)CN1CCN(Cc2nnc(-c3cccc(Br)c3)o2)CC1. The molecule has 1 unspecified atom stereocenters. The van der Waals surface area contributed by atoms with E-state index in [0.717, 1.165) is 55.6 Å². The minimum absolute atomic E-state index is 0.279. The lowest BCUT2D eigenvalue weighted by Gasteiger charge is -2.37. The van der Waals surface area contributed by atoms with E-state index in [1.807, 2.05) is 24.3 Å². The van der Waals surface area contributed by atoms with Crippen LogP contribution in [0.5, 0.6) is 0 Å². The lowest BCUT2D eigenvalue weighted by Crippen LogP contribution is -2.51. The number of piperazine rings is 1. The van der Waals surface area contributed by atoms with Crippen LogP contribution in [0.3, 0.4) is 0 Å². The Kier molecular flexibility index (Phi) is 6.62. The molecule has 2 aliphatic heterocycles. The Morgan fingerprint density at radius 3 is 2.69 bits per heavy atom.